The van der Waals surface area contributed by atoms with E-state index in [1.165, 1.54) is 11.3 Å². The first-order valence-electron chi connectivity index (χ1n) is 5.42. The van der Waals surface area contributed by atoms with E-state index >= 15 is 0 Å². The van der Waals surface area contributed by atoms with E-state index in [4.69, 9.17) is 11.6 Å². The van der Waals surface area contributed by atoms with Gasteiger partial charge >= 0.3 is 0 Å². The molecule has 0 spiro atoms. The third-order valence-electron chi connectivity index (χ3n) is 2.27. The normalized spacial score (nSPS) is 11.9. The second kappa shape index (κ2) is 5.84. The largest absolute Gasteiger partial charge is 0.251 e. The fourth-order valence-corrected chi connectivity index (χ4v) is 5.06. The van der Waals surface area contributed by atoms with Gasteiger partial charge in [0.1, 0.15) is 0 Å². The molecule has 1 N–H and O–H groups in total. The summed E-state index contributed by atoms with van der Waals surface area (Å²) in [6, 6.07) is 0. The minimum Gasteiger partial charge on any atom is -0.247 e. The van der Waals surface area contributed by atoms with Crippen LogP contribution in [0.25, 0.3) is 0 Å². The highest BCUT2D eigenvalue weighted by atomic mass is 35.5. The maximum Gasteiger partial charge on any atom is 0.251 e. The zero-order valence-electron chi connectivity index (χ0n) is 10.3. The van der Waals surface area contributed by atoms with Crippen LogP contribution in [0.1, 0.15) is 16.4 Å². The average molecular weight is 338 g/mol. The second-order valence-corrected chi connectivity index (χ2v) is 8.36. The molecule has 2 aromatic rings. The summed E-state index contributed by atoms with van der Waals surface area (Å²) in [6.45, 7) is 3.85. The number of nitrogens with one attached hydrogen (secondary N) is 1. The van der Waals surface area contributed by atoms with Gasteiger partial charge in [-0.1, -0.05) is 22.9 Å². The fourth-order valence-electron chi connectivity index (χ4n) is 1.48. The molecule has 0 bridgehead atoms. The van der Waals surface area contributed by atoms with Gasteiger partial charge in [-0.25, -0.2) is 23.1 Å². The molecule has 0 aliphatic carbocycles. The Morgan fingerprint density at radius 3 is 2.63 bits per heavy atom. The molecule has 0 fully saturated rings. The molecule has 2 aromatic heterocycles. The maximum atomic E-state index is 12.0. The quantitative estimate of drug-likeness (QED) is 0.909. The highest BCUT2D eigenvalue weighted by molar-refractivity contribution is 7.91. The molecule has 0 saturated heterocycles. The molecule has 2 heterocycles. The first-order valence-corrected chi connectivity index (χ1v) is 8.98. The SMILES string of the molecule is Cc1csc(CCNS(=O)(=O)c2sc(Cl)nc2C)n1. The number of hydrogen-bond acceptors (Lipinski definition) is 6. The lowest BCUT2D eigenvalue weighted by molar-refractivity contribution is 0.583. The summed E-state index contributed by atoms with van der Waals surface area (Å²) in [6.07, 6.45) is 0.573. The van der Waals surface area contributed by atoms with Gasteiger partial charge in [-0.05, 0) is 13.8 Å². The number of nitrogens with zero attached hydrogens (tertiary/aromatic N) is 2. The Morgan fingerprint density at radius 1 is 1.37 bits per heavy atom. The Morgan fingerprint density at radius 2 is 2.11 bits per heavy atom. The Hall–Kier alpha value is -0.540. The number of halogens is 1. The van der Waals surface area contributed by atoms with Gasteiger partial charge in [-0.15, -0.1) is 11.3 Å². The Kier molecular flexibility index (Phi) is 4.57. The molecule has 0 aliphatic rings. The van der Waals surface area contributed by atoms with Crippen molar-refractivity contribution in [2.24, 2.45) is 0 Å². The molecule has 0 amide bonds. The Labute approximate surface area is 124 Å². The summed E-state index contributed by atoms with van der Waals surface area (Å²) < 4.78 is 27.0. The molecule has 9 heteroatoms. The van der Waals surface area contributed by atoms with E-state index in [0.29, 0.717) is 18.7 Å². The zero-order chi connectivity index (χ0) is 14.0. The van der Waals surface area contributed by atoms with E-state index in [-0.39, 0.29) is 8.68 Å². The van der Waals surface area contributed by atoms with Crippen molar-refractivity contribution in [2.45, 2.75) is 24.5 Å². The number of aryl methyl sites for hydroxylation is 2. The maximum absolute atomic E-state index is 12.0. The number of sulfonamides is 1. The third-order valence-corrected chi connectivity index (χ3v) is 6.63. The number of thiazole rings is 2. The van der Waals surface area contributed by atoms with Crippen molar-refractivity contribution >= 4 is 44.3 Å². The summed E-state index contributed by atoms with van der Waals surface area (Å²) in [7, 11) is -3.54. The van der Waals surface area contributed by atoms with E-state index in [1.54, 1.807) is 6.92 Å². The van der Waals surface area contributed by atoms with Crippen LogP contribution in [-0.4, -0.2) is 24.9 Å². The minimum atomic E-state index is -3.54. The molecule has 0 saturated carbocycles. The van der Waals surface area contributed by atoms with Crippen LogP contribution in [-0.2, 0) is 16.4 Å². The molecule has 0 unspecified atom stereocenters. The Balaban J connectivity index is 2.00. The van der Waals surface area contributed by atoms with Gasteiger partial charge in [0.25, 0.3) is 10.0 Å². The lowest BCUT2D eigenvalue weighted by Gasteiger charge is -2.03. The first kappa shape index (κ1) is 14.9. The van der Waals surface area contributed by atoms with Crippen LogP contribution in [0, 0.1) is 13.8 Å². The molecule has 0 aromatic carbocycles. The van der Waals surface area contributed by atoms with Gasteiger partial charge in [0.05, 0.1) is 10.7 Å². The molecule has 0 atom stereocenters. The fraction of sp³-hybridized carbons (Fsp3) is 0.400. The van der Waals surface area contributed by atoms with Crippen LogP contribution in [0.5, 0.6) is 0 Å². The van der Waals surface area contributed by atoms with Crippen LogP contribution < -0.4 is 4.72 Å². The number of hydrogen-bond donors (Lipinski definition) is 1. The predicted molar refractivity (Wildman–Crippen MR) is 77.6 cm³/mol. The van der Waals surface area contributed by atoms with E-state index in [0.717, 1.165) is 22.0 Å². The van der Waals surface area contributed by atoms with Crippen molar-refractivity contribution in [3.05, 3.63) is 26.2 Å². The van der Waals surface area contributed by atoms with Crippen molar-refractivity contribution in [1.29, 1.82) is 0 Å². The summed E-state index contributed by atoms with van der Waals surface area (Å²) in [5.41, 5.74) is 1.38. The van der Waals surface area contributed by atoms with Crippen LogP contribution in [0.3, 0.4) is 0 Å². The van der Waals surface area contributed by atoms with Crippen molar-refractivity contribution in [1.82, 2.24) is 14.7 Å². The monoisotopic (exact) mass is 337 g/mol. The van der Waals surface area contributed by atoms with Crippen molar-refractivity contribution in [3.63, 3.8) is 0 Å². The standard InChI is InChI=1S/C10H12ClN3O2S3/c1-6-5-17-8(13-6)3-4-12-19(15,16)9-7(2)14-10(11)18-9/h5,12H,3-4H2,1-2H3. The highest BCUT2D eigenvalue weighted by Gasteiger charge is 2.20. The van der Waals surface area contributed by atoms with Crippen LogP contribution in [0.2, 0.25) is 4.47 Å². The van der Waals surface area contributed by atoms with Crippen molar-refractivity contribution in [3.8, 4) is 0 Å². The van der Waals surface area contributed by atoms with Crippen LogP contribution >= 0.6 is 34.3 Å². The second-order valence-electron chi connectivity index (χ2n) is 3.87. The van der Waals surface area contributed by atoms with Crippen molar-refractivity contribution in [2.75, 3.05) is 6.54 Å². The molecule has 0 radical (unpaired) electrons. The van der Waals surface area contributed by atoms with E-state index < -0.39 is 10.0 Å². The van der Waals surface area contributed by atoms with Gasteiger partial charge in [-0.3, -0.25) is 0 Å². The molecule has 0 aliphatic heterocycles. The van der Waals surface area contributed by atoms with E-state index in [9.17, 15) is 8.42 Å². The van der Waals surface area contributed by atoms with Gasteiger partial charge in [-0.2, -0.15) is 0 Å². The van der Waals surface area contributed by atoms with E-state index in [1.807, 2.05) is 12.3 Å². The van der Waals surface area contributed by atoms with Gasteiger partial charge < -0.3 is 0 Å². The van der Waals surface area contributed by atoms with Gasteiger partial charge in [0.2, 0.25) is 0 Å². The molecular formula is C10H12ClN3O2S3. The summed E-state index contributed by atoms with van der Waals surface area (Å²) in [5.74, 6) is 0. The topological polar surface area (TPSA) is 72.0 Å². The lowest BCUT2D eigenvalue weighted by Crippen LogP contribution is -2.25. The minimum absolute atomic E-state index is 0.174. The number of aromatic nitrogens is 2. The van der Waals surface area contributed by atoms with Crippen LogP contribution in [0.4, 0.5) is 0 Å². The molecule has 104 valence electrons. The van der Waals surface area contributed by atoms with Gasteiger partial charge in [0, 0.05) is 24.0 Å². The van der Waals surface area contributed by atoms with E-state index in [2.05, 4.69) is 14.7 Å². The van der Waals surface area contributed by atoms with Crippen LogP contribution in [0.15, 0.2) is 9.59 Å². The highest BCUT2D eigenvalue weighted by Crippen LogP contribution is 2.26. The average Bonchev–Trinajstić information content (AvgIpc) is 2.85. The van der Waals surface area contributed by atoms with Crippen molar-refractivity contribution < 1.29 is 8.42 Å². The zero-order valence-corrected chi connectivity index (χ0v) is 13.5. The Bertz CT molecular complexity index is 678. The summed E-state index contributed by atoms with van der Waals surface area (Å²) >= 11 is 8.20. The smallest absolute Gasteiger partial charge is 0.247 e. The lowest BCUT2D eigenvalue weighted by atomic mass is 10.4. The molecular weight excluding hydrogens is 326 g/mol. The predicted octanol–water partition coefficient (Wildman–Crippen LogP) is 2.39. The summed E-state index contributed by atoms with van der Waals surface area (Å²) in [4.78, 5) is 8.18. The molecule has 2 rings (SSSR count). The first-order chi connectivity index (χ1) is 8.88. The number of rotatable bonds is 5. The summed E-state index contributed by atoms with van der Waals surface area (Å²) in [5, 5.41) is 2.86. The van der Waals surface area contributed by atoms with Gasteiger partial charge in [0.15, 0.2) is 8.68 Å². The molecule has 19 heavy (non-hydrogen) atoms. The molecule has 5 nitrogen and oxygen atoms in total. The third kappa shape index (κ3) is 3.73.